The Labute approximate surface area is 172 Å². The molecule has 1 saturated carbocycles. The predicted octanol–water partition coefficient (Wildman–Crippen LogP) is 2.91. The minimum absolute atomic E-state index is 0.0926. The van der Waals surface area contributed by atoms with E-state index in [2.05, 4.69) is 14.8 Å². The summed E-state index contributed by atoms with van der Waals surface area (Å²) in [7, 11) is 0. The summed E-state index contributed by atoms with van der Waals surface area (Å²) in [5.41, 5.74) is 2.27. The summed E-state index contributed by atoms with van der Waals surface area (Å²) in [4.78, 5) is 20.5. The van der Waals surface area contributed by atoms with Gasteiger partial charge in [0.05, 0.1) is 18.3 Å². The van der Waals surface area contributed by atoms with Crippen LogP contribution in [-0.2, 0) is 13.1 Å². The van der Waals surface area contributed by atoms with Crippen molar-refractivity contribution in [2.45, 2.75) is 52.7 Å². The summed E-state index contributed by atoms with van der Waals surface area (Å²) in [5.74, 6) is 1.47. The number of aliphatic hydroxyl groups is 1. The molecule has 0 radical (unpaired) electrons. The highest BCUT2D eigenvalue weighted by Gasteiger charge is 2.33. The molecule has 2 heterocycles. The Bertz CT molecular complexity index is 865. The van der Waals surface area contributed by atoms with E-state index in [0.29, 0.717) is 5.69 Å². The summed E-state index contributed by atoms with van der Waals surface area (Å²) in [6, 6.07) is 9.75. The lowest BCUT2D eigenvalue weighted by atomic mass is 9.87. The predicted molar refractivity (Wildman–Crippen MR) is 113 cm³/mol. The average molecular weight is 397 g/mol. The molecular weight excluding hydrogens is 364 g/mol. The largest absolute Gasteiger partial charge is 0.394 e. The zero-order valence-electron chi connectivity index (χ0n) is 17.7. The van der Waals surface area contributed by atoms with Gasteiger partial charge in [0.1, 0.15) is 5.82 Å². The number of carbonyl (C=O) groups is 1. The van der Waals surface area contributed by atoms with Crippen LogP contribution in [0.1, 0.15) is 49.8 Å². The first-order chi connectivity index (χ1) is 13.9. The first kappa shape index (κ1) is 20.1. The Balaban J connectivity index is 1.67. The molecule has 1 atom stereocenters. The maximum absolute atomic E-state index is 13.2. The van der Waals surface area contributed by atoms with Crippen LogP contribution in [0.5, 0.6) is 0 Å². The van der Waals surface area contributed by atoms with E-state index in [1.165, 1.54) is 12.8 Å². The number of hydrogen-bond acceptors (Lipinski definition) is 4. The molecule has 2 aromatic rings. The van der Waals surface area contributed by atoms with Gasteiger partial charge in [0.15, 0.2) is 5.69 Å². The number of hydrogen-bond donors (Lipinski definition) is 2. The van der Waals surface area contributed by atoms with Crippen LogP contribution < -0.4 is 5.32 Å². The van der Waals surface area contributed by atoms with E-state index < -0.39 is 0 Å². The van der Waals surface area contributed by atoms with E-state index in [1.54, 1.807) is 0 Å². The van der Waals surface area contributed by atoms with Gasteiger partial charge >= 0.3 is 0 Å². The topological polar surface area (TPSA) is 70.4 Å². The maximum Gasteiger partial charge on any atom is 0.272 e. The number of fused-ring (bicyclic) bond motifs is 1. The number of nitrogens with one attached hydrogen (secondary N) is 1. The van der Waals surface area contributed by atoms with Crippen molar-refractivity contribution in [3.05, 3.63) is 41.7 Å². The Morgan fingerprint density at radius 3 is 2.59 bits per heavy atom. The zero-order valence-corrected chi connectivity index (χ0v) is 17.7. The molecule has 1 aliphatic carbocycles. The molecule has 1 aliphatic heterocycles. The molecule has 0 bridgehead atoms. The summed E-state index contributed by atoms with van der Waals surface area (Å²) in [6.45, 7) is 9.64. The zero-order chi connectivity index (χ0) is 20.6. The van der Waals surface area contributed by atoms with Crippen LogP contribution in [0, 0.1) is 11.3 Å². The number of amides is 1. The average Bonchev–Trinajstić information content (AvgIpc) is 3.43. The highest BCUT2D eigenvalue weighted by molar-refractivity contribution is 5.94. The molecule has 6 nitrogen and oxygen atoms in total. The Morgan fingerprint density at radius 2 is 1.97 bits per heavy atom. The summed E-state index contributed by atoms with van der Waals surface area (Å²) < 4.78 is 2.21. The Hall–Kier alpha value is -2.18. The van der Waals surface area contributed by atoms with Crippen molar-refractivity contribution >= 4 is 5.91 Å². The summed E-state index contributed by atoms with van der Waals surface area (Å²) in [6.07, 6.45) is 2.64. The third-order valence-corrected chi connectivity index (χ3v) is 6.08. The van der Waals surface area contributed by atoms with Crippen LogP contribution in [-0.4, -0.2) is 51.2 Å². The van der Waals surface area contributed by atoms with Gasteiger partial charge in [0.25, 0.3) is 5.91 Å². The number of aliphatic hydroxyl groups excluding tert-OH is 1. The van der Waals surface area contributed by atoms with Crippen molar-refractivity contribution in [3.63, 3.8) is 0 Å². The fourth-order valence-corrected chi connectivity index (χ4v) is 3.99. The fourth-order valence-electron chi connectivity index (χ4n) is 3.99. The van der Waals surface area contributed by atoms with Crippen LogP contribution in [0.2, 0.25) is 0 Å². The van der Waals surface area contributed by atoms with Crippen LogP contribution in [0.4, 0.5) is 0 Å². The van der Waals surface area contributed by atoms with Crippen molar-refractivity contribution in [2.24, 2.45) is 11.3 Å². The van der Waals surface area contributed by atoms with Gasteiger partial charge in [-0.25, -0.2) is 4.98 Å². The number of rotatable bonds is 6. The smallest absolute Gasteiger partial charge is 0.272 e. The molecule has 1 aromatic carbocycles. The lowest BCUT2D eigenvalue weighted by molar-refractivity contribution is 0.0840. The van der Waals surface area contributed by atoms with Gasteiger partial charge in [-0.3, -0.25) is 9.69 Å². The molecule has 2 aliphatic rings. The quantitative estimate of drug-likeness (QED) is 0.788. The second-order valence-corrected chi connectivity index (χ2v) is 9.50. The Kier molecular flexibility index (Phi) is 5.49. The van der Waals surface area contributed by atoms with Crippen LogP contribution in [0.25, 0.3) is 11.4 Å². The monoisotopic (exact) mass is 396 g/mol. The SMILES string of the molecule is CC(C)(C)[C@@H](CO)NC(=O)c1nc(-c2ccccc2)n2c1CN(CC1CC1)CC2. The van der Waals surface area contributed by atoms with E-state index >= 15 is 0 Å². The molecule has 156 valence electrons. The van der Waals surface area contributed by atoms with Gasteiger partial charge < -0.3 is 15.0 Å². The third kappa shape index (κ3) is 4.38. The van der Waals surface area contributed by atoms with Crippen molar-refractivity contribution in [1.82, 2.24) is 19.8 Å². The molecule has 1 fully saturated rings. The highest BCUT2D eigenvalue weighted by Crippen LogP contribution is 2.32. The first-order valence-electron chi connectivity index (χ1n) is 10.7. The number of benzene rings is 1. The lowest BCUT2D eigenvalue weighted by Crippen LogP contribution is -2.46. The van der Waals surface area contributed by atoms with Crippen LogP contribution in [0.15, 0.2) is 30.3 Å². The van der Waals surface area contributed by atoms with E-state index in [1.807, 2.05) is 51.1 Å². The summed E-state index contributed by atoms with van der Waals surface area (Å²) >= 11 is 0. The van der Waals surface area contributed by atoms with E-state index in [0.717, 1.165) is 49.2 Å². The van der Waals surface area contributed by atoms with E-state index in [-0.39, 0.29) is 24.0 Å². The molecule has 6 heteroatoms. The van der Waals surface area contributed by atoms with Crippen LogP contribution >= 0.6 is 0 Å². The van der Waals surface area contributed by atoms with E-state index in [4.69, 9.17) is 4.98 Å². The minimum atomic E-state index is -0.321. The minimum Gasteiger partial charge on any atom is -0.394 e. The molecule has 4 rings (SSSR count). The van der Waals surface area contributed by atoms with Gasteiger partial charge in [-0.1, -0.05) is 51.1 Å². The van der Waals surface area contributed by atoms with Gasteiger partial charge in [0, 0.05) is 31.7 Å². The maximum atomic E-state index is 13.2. The second-order valence-electron chi connectivity index (χ2n) is 9.50. The molecule has 29 heavy (non-hydrogen) atoms. The van der Waals surface area contributed by atoms with Crippen molar-refractivity contribution < 1.29 is 9.90 Å². The number of nitrogens with zero attached hydrogens (tertiary/aromatic N) is 3. The number of aromatic nitrogens is 2. The molecular formula is C23H32N4O2. The van der Waals surface area contributed by atoms with Crippen LogP contribution in [0.3, 0.4) is 0 Å². The van der Waals surface area contributed by atoms with Gasteiger partial charge in [-0.2, -0.15) is 0 Å². The summed E-state index contributed by atoms with van der Waals surface area (Å²) in [5, 5.41) is 12.8. The second kappa shape index (κ2) is 7.92. The van der Waals surface area contributed by atoms with Crippen molar-refractivity contribution in [3.8, 4) is 11.4 Å². The van der Waals surface area contributed by atoms with Gasteiger partial charge in [-0.15, -0.1) is 0 Å². The van der Waals surface area contributed by atoms with E-state index in [9.17, 15) is 9.90 Å². The number of imidazole rings is 1. The normalized spacial score (nSPS) is 18.3. The number of carbonyl (C=O) groups excluding carboxylic acids is 1. The molecule has 1 aromatic heterocycles. The highest BCUT2D eigenvalue weighted by atomic mass is 16.3. The molecule has 0 saturated heterocycles. The fraction of sp³-hybridized carbons (Fsp3) is 0.565. The van der Waals surface area contributed by atoms with Gasteiger partial charge in [0.2, 0.25) is 0 Å². The standard InChI is InChI=1S/C23H32N4O2/c1-23(2,3)19(15-28)24-22(29)20-18-14-26(13-16-9-10-16)11-12-27(18)21(25-20)17-7-5-4-6-8-17/h4-8,16,19,28H,9-15H2,1-3H3,(H,24,29)/t19-/m1/s1. The van der Waals surface area contributed by atoms with Crippen molar-refractivity contribution in [2.75, 3.05) is 19.7 Å². The van der Waals surface area contributed by atoms with Gasteiger partial charge in [-0.05, 0) is 24.2 Å². The Morgan fingerprint density at radius 1 is 1.24 bits per heavy atom. The molecule has 0 spiro atoms. The lowest BCUT2D eigenvalue weighted by Gasteiger charge is -2.31. The van der Waals surface area contributed by atoms with Crippen molar-refractivity contribution in [1.29, 1.82) is 0 Å². The molecule has 0 unspecified atom stereocenters. The third-order valence-electron chi connectivity index (χ3n) is 6.08. The first-order valence-corrected chi connectivity index (χ1v) is 10.7. The molecule has 1 amide bonds. The molecule has 2 N–H and O–H groups in total.